The van der Waals surface area contributed by atoms with Crippen LogP contribution in [-0.4, -0.2) is 55.1 Å². The van der Waals surface area contributed by atoms with E-state index in [0.717, 1.165) is 11.8 Å². The number of carbonyl (C=O) groups is 1. The van der Waals surface area contributed by atoms with E-state index in [0.29, 0.717) is 18.8 Å². The van der Waals surface area contributed by atoms with Crippen molar-refractivity contribution in [3.8, 4) is 5.69 Å². The maximum absolute atomic E-state index is 11.7. The van der Waals surface area contributed by atoms with E-state index in [1.807, 2.05) is 0 Å². The zero-order chi connectivity index (χ0) is 14.5. The molecule has 0 aliphatic rings. The van der Waals surface area contributed by atoms with E-state index < -0.39 is 11.7 Å². The van der Waals surface area contributed by atoms with Gasteiger partial charge in [-0.15, -0.1) is 5.10 Å². The van der Waals surface area contributed by atoms with Gasteiger partial charge in [-0.1, -0.05) is 11.8 Å². The molecule has 0 atom stereocenters. The first kappa shape index (κ1) is 14.3. The highest BCUT2D eigenvalue weighted by molar-refractivity contribution is 7.99. The minimum absolute atomic E-state index is 0.178. The SMILES string of the molecule is COCCn1cc(-n2c(SCC(=O)O)n[nH]c2=O)cn1. The topological polar surface area (TPSA) is 115 Å². The minimum atomic E-state index is -0.979. The second-order valence-electron chi connectivity index (χ2n) is 3.78. The maximum atomic E-state index is 11.7. The standard InChI is InChI=1S/C10H13N5O4S/c1-19-3-2-14-5-7(4-11-14)15-9(18)12-13-10(15)20-6-8(16)17/h4-5H,2-3,6H2,1H3,(H,12,18)(H,16,17). The molecule has 10 heteroatoms. The van der Waals surface area contributed by atoms with Gasteiger partial charge in [0, 0.05) is 13.3 Å². The van der Waals surface area contributed by atoms with E-state index in [-0.39, 0.29) is 10.9 Å². The Balaban J connectivity index is 2.23. The van der Waals surface area contributed by atoms with Crippen molar-refractivity contribution in [2.75, 3.05) is 19.5 Å². The molecule has 0 radical (unpaired) electrons. The highest BCUT2D eigenvalue weighted by Gasteiger charge is 2.14. The number of methoxy groups -OCH3 is 1. The van der Waals surface area contributed by atoms with E-state index in [9.17, 15) is 9.59 Å². The average Bonchev–Trinajstić information content (AvgIpc) is 3.00. The molecule has 0 fully saturated rings. The van der Waals surface area contributed by atoms with Gasteiger partial charge in [0.2, 0.25) is 0 Å². The van der Waals surface area contributed by atoms with Crippen molar-refractivity contribution < 1.29 is 14.6 Å². The summed E-state index contributed by atoms with van der Waals surface area (Å²) in [5, 5.41) is 19.1. The van der Waals surface area contributed by atoms with E-state index in [1.165, 1.54) is 10.8 Å². The molecule has 0 aliphatic heterocycles. The minimum Gasteiger partial charge on any atom is -0.481 e. The van der Waals surface area contributed by atoms with Gasteiger partial charge in [0.05, 0.1) is 30.8 Å². The van der Waals surface area contributed by atoms with E-state index in [4.69, 9.17) is 9.84 Å². The van der Waals surface area contributed by atoms with E-state index >= 15 is 0 Å². The quantitative estimate of drug-likeness (QED) is 0.667. The highest BCUT2D eigenvalue weighted by Crippen LogP contribution is 2.16. The van der Waals surface area contributed by atoms with Crippen molar-refractivity contribution in [1.29, 1.82) is 0 Å². The molecule has 0 amide bonds. The van der Waals surface area contributed by atoms with Crippen molar-refractivity contribution >= 4 is 17.7 Å². The lowest BCUT2D eigenvalue weighted by Crippen LogP contribution is -2.15. The fraction of sp³-hybridized carbons (Fsp3) is 0.400. The van der Waals surface area contributed by atoms with Gasteiger partial charge in [-0.3, -0.25) is 9.48 Å². The monoisotopic (exact) mass is 299 g/mol. The number of thioether (sulfide) groups is 1. The maximum Gasteiger partial charge on any atom is 0.348 e. The predicted molar refractivity (Wildman–Crippen MR) is 70.2 cm³/mol. The molecule has 0 aromatic carbocycles. The molecular weight excluding hydrogens is 286 g/mol. The average molecular weight is 299 g/mol. The Morgan fingerprint density at radius 2 is 2.40 bits per heavy atom. The molecule has 108 valence electrons. The van der Waals surface area contributed by atoms with E-state index in [1.54, 1.807) is 18.0 Å². The van der Waals surface area contributed by atoms with Crippen LogP contribution in [0.5, 0.6) is 0 Å². The second kappa shape index (κ2) is 6.39. The Morgan fingerprint density at radius 1 is 1.60 bits per heavy atom. The number of nitrogens with zero attached hydrogens (tertiary/aromatic N) is 4. The van der Waals surface area contributed by atoms with E-state index in [2.05, 4.69) is 15.3 Å². The Morgan fingerprint density at radius 3 is 3.10 bits per heavy atom. The molecule has 2 aromatic rings. The lowest BCUT2D eigenvalue weighted by molar-refractivity contribution is -0.133. The van der Waals surface area contributed by atoms with Crippen LogP contribution in [0.15, 0.2) is 22.3 Å². The molecule has 0 bridgehead atoms. The van der Waals surface area contributed by atoms with Crippen molar-refractivity contribution in [3.63, 3.8) is 0 Å². The summed E-state index contributed by atoms with van der Waals surface area (Å²) in [4.78, 5) is 22.3. The number of hydrogen-bond donors (Lipinski definition) is 2. The third-order valence-electron chi connectivity index (χ3n) is 2.37. The first-order valence-electron chi connectivity index (χ1n) is 5.65. The normalized spacial score (nSPS) is 10.8. The van der Waals surface area contributed by atoms with Crippen molar-refractivity contribution in [2.45, 2.75) is 11.7 Å². The summed E-state index contributed by atoms with van der Waals surface area (Å²) in [5.74, 6) is -1.16. The Kier molecular flexibility index (Phi) is 4.58. The summed E-state index contributed by atoms with van der Waals surface area (Å²) in [6, 6.07) is 0. The second-order valence-corrected chi connectivity index (χ2v) is 4.73. The molecule has 20 heavy (non-hydrogen) atoms. The molecule has 2 N–H and O–H groups in total. The summed E-state index contributed by atoms with van der Waals surface area (Å²) in [7, 11) is 1.59. The first-order valence-corrected chi connectivity index (χ1v) is 6.64. The fourth-order valence-corrected chi connectivity index (χ4v) is 2.19. The van der Waals surface area contributed by atoms with Gasteiger partial charge in [0.25, 0.3) is 0 Å². The molecule has 2 aromatic heterocycles. The smallest absolute Gasteiger partial charge is 0.348 e. The van der Waals surface area contributed by atoms with Gasteiger partial charge < -0.3 is 9.84 Å². The zero-order valence-corrected chi connectivity index (χ0v) is 11.5. The van der Waals surface area contributed by atoms with Crippen LogP contribution in [0.1, 0.15) is 0 Å². The molecule has 0 unspecified atom stereocenters. The van der Waals surface area contributed by atoms with Crippen LogP contribution in [0, 0.1) is 0 Å². The lowest BCUT2D eigenvalue weighted by atomic mass is 10.5. The van der Waals surface area contributed by atoms with Crippen LogP contribution in [-0.2, 0) is 16.1 Å². The number of aromatic nitrogens is 5. The molecular formula is C10H13N5O4S. The third kappa shape index (κ3) is 3.27. The Labute approximate surface area is 117 Å². The highest BCUT2D eigenvalue weighted by atomic mass is 32.2. The van der Waals surface area contributed by atoms with Crippen molar-refractivity contribution in [1.82, 2.24) is 24.5 Å². The van der Waals surface area contributed by atoms with Gasteiger partial charge in [-0.25, -0.2) is 14.5 Å². The number of carboxylic acid groups (broad SMARTS) is 1. The number of aromatic amines is 1. The Hall–Kier alpha value is -2.07. The molecule has 0 saturated heterocycles. The number of H-pyrrole nitrogens is 1. The van der Waals surface area contributed by atoms with Crippen LogP contribution in [0.25, 0.3) is 5.69 Å². The summed E-state index contributed by atoms with van der Waals surface area (Å²) in [6.07, 6.45) is 3.18. The molecule has 2 heterocycles. The summed E-state index contributed by atoms with van der Waals surface area (Å²) in [5.41, 5.74) is 0.0805. The van der Waals surface area contributed by atoms with Crippen LogP contribution in [0.4, 0.5) is 0 Å². The third-order valence-corrected chi connectivity index (χ3v) is 3.29. The lowest BCUT2D eigenvalue weighted by Gasteiger charge is -2.01. The summed E-state index contributed by atoms with van der Waals surface area (Å²) >= 11 is 0.957. The number of carboxylic acids is 1. The van der Waals surface area contributed by atoms with Crippen LogP contribution >= 0.6 is 11.8 Å². The zero-order valence-electron chi connectivity index (χ0n) is 10.6. The summed E-state index contributed by atoms with van der Waals surface area (Å²) < 4.78 is 7.85. The molecule has 0 saturated carbocycles. The number of ether oxygens (including phenoxy) is 1. The number of aliphatic carboxylic acids is 1. The summed E-state index contributed by atoms with van der Waals surface area (Å²) in [6.45, 7) is 1.06. The van der Waals surface area contributed by atoms with Crippen molar-refractivity contribution in [3.05, 3.63) is 22.9 Å². The van der Waals surface area contributed by atoms with Gasteiger partial charge in [0.1, 0.15) is 0 Å². The molecule has 9 nitrogen and oxygen atoms in total. The van der Waals surface area contributed by atoms with Crippen LogP contribution in [0.3, 0.4) is 0 Å². The number of rotatable bonds is 7. The van der Waals surface area contributed by atoms with Crippen LogP contribution in [0.2, 0.25) is 0 Å². The van der Waals surface area contributed by atoms with Gasteiger partial charge in [0.15, 0.2) is 5.16 Å². The Bertz CT molecular complexity index is 646. The first-order chi connectivity index (χ1) is 9.61. The van der Waals surface area contributed by atoms with Gasteiger partial charge in [-0.05, 0) is 0 Å². The number of hydrogen-bond acceptors (Lipinski definition) is 6. The van der Waals surface area contributed by atoms with Crippen LogP contribution < -0.4 is 5.69 Å². The van der Waals surface area contributed by atoms with Gasteiger partial charge in [-0.2, -0.15) is 5.10 Å². The van der Waals surface area contributed by atoms with Gasteiger partial charge >= 0.3 is 11.7 Å². The molecule has 0 aliphatic carbocycles. The number of nitrogens with one attached hydrogen (secondary N) is 1. The largest absolute Gasteiger partial charge is 0.481 e. The molecule has 0 spiro atoms. The van der Waals surface area contributed by atoms with Crippen molar-refractivity contribution in [2.24, 2.45) is 0 Å². The molecule has 2 rings (SSSR count). The predicted octanol–water partition coefficient (Wildman–Crippen LogP) is -0.420. The fourth-order valence-electron chi connectivity index (χ4n) is 1.51.